The molecule has 0 saturated heterocycles. The van der Waals surface area contributed by atoms with Crippen LogP contribution in [0.15, 0.2) is 32.0 Å². The summed E-state index contributed by atoms with van der Waals surface area (Å²) in [5.74, 6) is 0.748. The van der Waals surface area contributed by atoms with Gasteiger partial charge >= 0.3 is 0 Å². The van der Waals surface area contributed by atoms with E-state index in [2.05, 4.69) is 50.4 Å². The van der Waals surface area contributed by atoms with E-state index in [1.165, 1.54) is 19.3 Å². The summed E-state index contributed by atoms with van der Waals surface area (Å²) in [5, 5.41) is 0. The predicted molar refractivity (Wildman–Crippen MR) is 95.0 cm³/mol. The fourth-order valence-electron chi connectivity index (χ4n) is 2.01. The lowest BCUT2D eigenvalue weighted by Crippen LogP contribution is -2.25. The van der Waals surface area contributed by atoms with Gasteiger partial charge in [-0.05, 0) is 46.5 Å². The molecule has 21 heavy (non-hydrogen) atoms. The van der Waals surface area contributed by atoms with E-state index in [0.29, 0.717) is 11.0 Å². The van der Waals surface area contributed by atoms with E-state index in [9.17, 15) is 8.42 Å². The standard InChI is InChI=1S/C15H23Br2NO2S/c1-12(2)7-5-3-4-6-10-18-21(19,20)15-9-8-13(16)11-14(15)17/h8-9,11-12,18H,3-7,10H2,1-2H3. The molecule has 1 aromatic carbocycles. The first-order valence-corrected chi connectivity index (χ1v) is 10.3. The minimum Gasteiger partial charge on any atom is -0.211 e. The molecule has 120 valence electrons. The van der Waals surface area contributed by atoms with E-state index in [0.717, 1.165) is 23.2 Å². The molecule has 0 fully saturated rings. The van der Waals surface area contributed by atoms with Gasteiger partial charge in [-0.1, -0.05) is 55.5 Å². The van der Waals surface area contributed by atoms with Crippen LogP contribution in [0.5, 0.6) is 0 Å². The van der Waals surface area contributed by atoms with E-state index >= 15 is 0 Å². The summed E-state index contributed by atoms with van der Waals surface area (Å²) in [6.07, 6.45) is 5.59. The summed E-state index contributed by atoms with van der Waals surface area (Å²) in [6.45, 7) is 4.95. The van der Waals surface area contributed by atoms with Crippen molar-refractivity contribution in [1.82, 2.24) is 4.72 Å². The molecule has 0 radical (unpaired) electrons. The Morgan fingerprint density at radius 3 is 2.38 bits per heavy atom. The molecule has 6 heteroatoms. The second-order valence-corrected chi connectivity index (χ2v) is 9.07. The first-order valence-electron chi connectivity index (χ1n) is 7.27. The third kappa shape index (κ3) is 7.26. The maximum absolute atomic E-state index is 12.2. The quantitative estimate of drug-likeness (QED) is 0.543. The molecule has 0 heterocycles. The molecule has 0 bridgehead atoms. The van der Waals surface area contributed by atoms with Crippen LogP contribution in [-0.4, -0.2) is 15.0 Å². The molecule has 0 aliphatic rings. The number of nitrogens with one attached hydrogen (secondary N) is 1. The lowest BCUT2D eigenvalue weighted by Gasteiger charge is -2.09. The van der Waals surface area contributed by atoms with Crippen LogP contribution < -0.4 is 4.72 Å². The summed E-state index contributed by atoms with van der Waals surface area (Å²) in [4.78, 5) is 0.283. The number of benzene rings is 1. The van der Waals surface area contributed by atoms with Gasteiger partial charge in [0.2, 0.25) is 10.0 Å². The van der Waals surface area contributed by atoms with Gasteiger partial charge in [-0.15, -0.1) is 0 Å². The molecule has 0 aromatic heterocycles. The van der Waals surface area contributed by atoms with Crippen LogP contribution in [0.2, 0.25) is 0 Å². The maximum atomic E-state index is 12.2. The van der Waals surface area contributed by atoms with E-state index in [1.54, 1.807) is 18.2 Å². The monoisotopic (exact) mass is 439 g/mol. The van der Waals surface area contributed by atoms with Crippen molar-refractivity contribution in [3.05, 3.63) is 27.1 Å². The number of rotatable bonds is 9. The van der Waals surface area contributed by atoms with Gasteiger partial charge in [0.25, 0.3) is 0 Å². The van der Waals surface area contributed by atoms with Gasteiger partial charge in [-0.25, -0.2) is 13.1 Å². The van der Waals surface area contributed by atoms with E-state index in [-0.39, 0.29) is 4.90 Å². The van der Waals surface area contributed by atoms with Gasteiger partial charge in [0.1, 0.15) is 0 Å². The summed E-state index contributed by atoms with van der Waals surface area (Å²) >= 11 is 6.61. The lowest BCUT2D eigenvalue weighted by atomic mass is 10.0. The molecular formula is C15H23Br2NO2S. The van der Waals surface area contributed by atoms with E-state index < -0.39 is 10.0 Å². The van der Waals surface area contributed by atoms with Crippen molar-refractivity contribution in [3.63, 3.8) is 0 Å². The SMILES string of the molecule is CC(C)CCCCCCNS(=O)(=O)c1ccc(Br)cc1Br. The first-order chi connectivity index (χ1) is 9.83. The summed E-state index contributed by atoms with van der Waals surface area (Å²) in [6, 6.07) is 5.06. The van der Waals surface area contributed by atoms with Crippen LogP contribution in [0.1, 0.15) is 46.0 Å². The number of halogens is 2. The average molecular weight is 441 g/mol. The molecule has 1 N–H and O–H groups in total. The van der Waals surface area contributed by atoms with Crippen molar-refractivity contribution >= 4 is 41.9 Å². The average Bonchev–Trinajstić information content (AvgIpc) is 2.36. The Morgan fingerprint density at radius 2 is 1.76 bits per heavy atom. The van der Waals surface area contributed by atoms with Crippen molar-refractivity contribution in [2.45, 2.75) is 50.8 Å². The smallest absolute Gasteiger partial charge is 0.211 e. The van der Waals surface area contributed by atoms with Crippen LogP contribution >= 0.6 is 31.9 Å². The van der Waals surface area contributed by atoms with Crippen LogP contribution in [0, 0.1) is 5.92 Å². The number of sulfonamides is 1. The Balaban J connectivity index is 2.37. The predicted octanol–water partition coefficient (Wildman–Crippen LogP) is 5.10. The largest absolute Gasteiger partial charge is 0.241 e. The molecular weight excluding hydrogens is 418 g/mol. The van der Waals surface area contributed by atoms with E-state index in [4.69, 9.17) is 0 Å². The topological polar surface area (TPSA) is 46.2 Å². The third-order valence-corrected chi connectivity index (χ3v) is 6.11. The molecule has 0 aliphatic heterocycles. The van der Waals surface area contributed by atoms with Gasteiger partial charge in [-0.3, -0.25) is 0 Å². The highest BCUT2D eigenvalue weighted by Crippen LogP contribution is 2.25. The highest BCUT2D eigenvalue weighted by molar-refractivity contribution is 9.11. The fraction of sp³-hybridized carbons (Fsp3) is 0.600. The fourth-order valence-corrected chi connectivity index (χ4v) is 4.83. The van der Waals surface area contributed by atoms with Crippen molar-refractivity contribution in [1.29, 1.82) is 0 Å². The Bertz CT molecular complexity index is 545. The minimum absolute atomic E-state index is 0.283. The Kier molecular flexibility index (Phi) is 8.46. The summed E-state index contributed by atoms with van der Waals surface area (Å²) in [5.41, 5.74) is 0. The third-order valence-electron chi connectivity index (χ3n) is 3.18. The highest BCUT2D eigenvalue weighted by Gasteiger charge is 2.16. The molecule has 0 amide bonds. The Morgan fingerprint density at radius 1 is 1.10 bits per heavy atom. The molecule has 0 spiro atoms. The summed E-state index contributed by atoms with van der Waals surface area (Å²) in [7, 11) is -3.43. The molecule has 0 unspecified atom stereocenters. The van der Waals surface area contributed by atoms with Crippen molar-refractivity contribution in [2.24, 2.45) is 5.92 Å². The van der Waals surface area contributed by atoms with Gasteiger partial charge in [0.15, 0.2) is 0 Å². The van der Waals surface area contributed by atoms with Gasteiger partial charge in [0.05, 0.1) is 4.90 Å². The second-order valence-electron chi connectivity index (χ2n) is 5.57. The molecule has 0 aliphatic carbocycles. The molecule has 0 atom stereocenters. The second kappa shape index (κ2) is 9.28. The lowest BCUT2D eigenvalue weighted by molar-refractivity contribution is 0.517. The zero-order valence-corrected chi connectivity index (χ0v) is 16.5. The molecule has 3 nitrogen and oxygen atoms in total. The first kappa shape index (κ1) is 19.1. The number of hydrogen-bond donors (Lipinski definition) is 1. The Labute approximate surface area is 145 Å². The zero-order chi connectivity index (χ0) is 15.9. The van der Waals surface area contributed by atoms with Crippen LogP contribution in [-0.2, 0) is 10.0 Å². The van der Waals surface area contributed by atoms with Crippen LogP contribution in [0.4, 0.5) is 0 Å². The highest BCUT2D eigenvalue weighted by atomic mass is 79.9. The number of hydrogen-bond acceptors (Lipinski definition) is 2. The van der Waals surface area contributed by atoms with Crippen LogP contribution in [0.25, 0.3) is 0 Å². The van der Waals surface area contributed by atoms with Crippen molar-refractivity contribution < 1.29 is 8.42 Å². The number of unbranched alkanes of at least 4 members (excludes halogenated alkanes) is 3. The van der Waals surface area contributed by atoms with E-state index in [1.807, 2.05) is 0 Å². The van der Waals surface area contributed by atoms with Crippen molar-refractivity contribution in [3.8, 4) is 0 Å². The van der Waals surface area contributed by atoms with Gasteiger partial charge in [0, 0.05) is 15.5 Å². The molecule has 0 saturated carbocycles. The summed E-state index contributed by atoms with van der Waals surface area (Å²) < 4.78 is 28.5. The normalized spacial score (nSPS) is 12.0. The minimum atomic E-state index is -3.43. The van der Waals surface area contributed by atoms with Crippen molar-refractivity contribution in [2.75, 3.05) is 6.54 Å². The Hall–Kier alpha value is 0.0900. The van der Waals surface area contributed by atoms with Gasteiger partial charge in [-0.2, -0.15) is 0 Å². The molecule has 1 rings (SSSR count). The molecule has 1 aromatic rings. The maximum Gasteiger partial charge on any atom is 0.241 e. The van der Waals surface area contributed by atoms with Gasteiger partial charge < -0.3 is 0 Å². The van der Waals surface area contributed by atoms with Crippen LogP contribution in [0.3, 0.4) is 0 Å². The zero-order valence-electron chi connectivity index (χ0n) is 12.5.